The molecule has 47 heavy (non-hydrogen) atoms. The predicted molar refractivity (Wildman–Crippen MR) is 186 cm³/mol. The molecule has 2 fully saturated rings. The monoisotopic (exact) mass is 659 g/mol. The number of hydrogen-bond acceptors (Lipinski definition) is 7. The first-order valence-corrected chi connectivity index (χ1v) is 17.7. The first-order valence-electron chi connectivity index (χ1n) is 17.7. The molecule has 0 aromatic heterocycles. The molecule has 1 aliphatic heterocycles. The quantitative estimate of drug-likeness (QED) is 0.0870. The van der Waals surface area contributed by atoms with Gasteiger partial charge >= 0.3 is 5.97 Å². The topological polar surface area (TPSA) is 137 Å². The van der Waals surface area contributed by atoms with Crippen LogP contribution in [-0.4, -0.2) is 74.1 Å². The zero-order valence-corrected chi connectivity index (χ0v) is 29.4. The molecule has 3 N–H and O–H groups in total. The van der Waals surface area contributed by atoms with Gasteiger partial charge in [0.15, 0.2) is 0 Å². The number of nitrogens with one attached hydrogen (secondary N) is 1. The normalized spacial score (nSPS) is 17.4. The maximum atomic E-state index is 12.5. The van der Waals surface area contributed by atoms with E-state index in [1.165, 1.54) is 32.1 Å². The highest BCUT2D eigenvalue weighted by Crippen LogP contribution is 2.48. The number of piperidine rings is 1. The van der Waals surface area contributed by atoms with Gasteiger partial charge in [0.25, 0.3) is 0 Å². The summed E-state index contributed by atoms with van der Waals surface area (Å²) in [5, 5.41) is 2.65. The van der Waals surface area contributed by atoms with Gasteiger partial charge in [-0.15, -0.1) is 0 Å². The Labute approximate surface area is 283 Å². The number of esters is 1. The van der Waals surface area contributed by atoms with E-state index < -0.39 is 6.04 Å². The molecule has 3 unspecified atom stereocenters. The van der Waals surface area contributed by atoms with Gasteiger partial charge in [-0.2, -0.15) is 0 Å². The van der Waals surface area contributed by atoms with Crippen LogP contribution in [0.5, 0.6) is 5.75 Å². The summed E-state index contributed by atoms with van der Waals surface area (Å²) < 4.78 is 15.6. The minimum atomic E-state index is -0.502. The number of unbranched alkanes of at least 4 members (excludes halogenated alkanes) is 7. The number of nitrogens with two attached hydrogens (primary N) is 1. The van der Waals surface area contributed by atoms with Gasteiger partial charge in [0.1, 0.15) is 11.8 Å². The molecular formula is C37H61N3O7. The van der Waals surface area contributed by atoms with Crippen LogP contribution in [0.15, 0.2) is 42.5 Å². The van der Waals surface area contributed by atoms with Crippen molar-refractivity contribution >= 4 is 23.7 Å². The fraction of sp³-hybridized carbons (Fsp3) is 0.676. The molecule has 2 aliphatic rings. The molecule has 266 valence electrons. The van der Waals surface area contributed by atoms with Crippen LogP contribution < -0.4 is 15.8 Å². The second-order valence-corrected chi connectivity index (χ2v) is 11.6. The Morgan fingerprint density at radius 2 is 1.53 bits per heavy atom. The van der Waals surface area contributed by atoms with Gasteiger partial charge in [0.2, 0.25) is 17.7 Å². The van der Waals surface area contributed by atoms with E-state index in [2.05, 4.69) is 17.5 Å². The first kappa shape index (κ1) is 41.6. The molecule has 3 amide bonds. The van der Waals surface area contributed by atoms with Crippen molar-refractivity contribution in [1.82, 2.24) is 10.2 Å². The largest absolute Gasteiger partial charge is 0.494 e. The average Bonchev–Trinajstić information content (AvgIpc) is 3.74. The number of benzene rings is 1. The average molecular weight is 660 g/mol. The number of likely N-dealkylation sites (tertiary alicyclic amines) is 1. The molecule has 10 heteroatoms. The van der Waals surface area contributed by atoms with E-state index in [4.69, 9.17) is 19.9 Å². The lowest BCUT2D eigenvalue weighted by Gasteiger charge is -2.26. The van der Waals surface area contributed by atoms with E-state index in [1.807, 2.05) is 44.2 Å². The van der Waals surface area contributed by atoms with Crippen LogP contribution in [0, 0.1) is 5.92 Å². The number of methoxy groups -OCH3 is 1. The lowest BCUT2D eigenvalue weighted by molar-refractivity contribution is -0.153. The number of primary amides is 1. The summed E-state index contributed by atoms with van der Waals surface area (Å²) in [6, 6.07) is 9.04. The fourth-order valence-corrected chi connectivity index (χ4v) is 5.41. The third-order valence-electron chi connectivity index (χ3n) is 7.88. The molecule has 0 spiro atoms. The van der Waals surface area contributed by atoms with Crippen LogP contribution in [0.3, 0.4) is 0 Å². The van der Waals surface area contributed by atoms with Gasteiger partial charge < -0.3 is 30.2 Å². The number of carbonyl (C=O) groups is 4. The molecule has 3 rings (SSSR count). The summed E-state index contributed by atoms with van der Waals surface area (Å²) in [4.78, 5) is 48.6. The number of fused-ring (bicyclic) bond motifs is 1. The van der Waals surface area contributed by atoms with Crippen molar-refractivity contribution < 1.29 is 33.4 Å². The summed E-state index contributed by atoms with van der Waals surface area (Å²) in [5.41, 5.74) is 5.08. The highest BCUT2D eigenvalue weighted by Gasteiger charge is 2.56. The summed E-state index contributed by atoms with van der Waals surface area (Å²) in [6.45, 7) is 7.26. The summed E-state index contributed by atoms with van der Waals surface area (Å²) in [7, 11) is 1.74. The van der Waals surface area contributed by atoms with Crippen molar-refractivity contribution in [3.8, 4) is 5.75 Å². The van der Waals surface area contributed by atoms with Crippen LogP contribution in [0.25, 0.3) is 0 Å². The van der Waals surface area contributed by atoms with Crippen LogP contribution in [0.4, 0.5) is 0 Å². The number of rotatable bonds is 22. The standard InChI is InChI=1S/C20H26N2O5.C15H29NO2.C2H6/c1-2-26-20(25)17-12-14-11-16(14)22(17)19(24)13-21-18(23)9-6-10-27-15-7-4-3-5-8-15;1-18-14-12-10-8-6-4-2-3-5-7-9-11-13-15(16)17;1-2/h3-5,7-8,14,16-17H,2,6,9-13H2,1H3,(H,21,23);6,8H,2-5,7,9-14H2,1H3,(H2,16,17);1-2H3/b;8-6+;. The molecule has 1 aromatic carbocycles. The van der Waals surface area contributed by atoms with Crippen LogP contribution in [0.1, 0.15) is 111 Å². The Balaban J connectivity index is 0.000000484. The number of hydrogen-bond donors (Lipinski definition) is 2. The molecule has 3 atom stereocenters. The molecule has 10 nitrogen and oxygen atoms in total. The van der Waals surface area contributed by atoms with Gasteiger partial charge in [0, 0.05) is 32.6 Å². The van der Waals surface area contributed by atoms with Gasteiger partial charge in [0.05, 0.1) is 19.8 Å². The summed E-state index contributed by atoms with van der Waals surface area (Å²) >= 11 is 0. The number of para-hydroxylation sites is 1. The van der Waals surface area contributed by atoms with E-state index >= 15 is 0 Å². The van der Waals surface area contributed by atoms with Gasteiger partial charge in [-0.3, -0.25) is 14.4 Å². The van der Waals surface area contributed by atoms with Gasteiger partial charge in [-0.25, -0.2) is 4.79 Å². The minimum absolute atomic E-state index is 0.0858. The van der Waals surface area contributed by atoms with Crippen molar-refractivity contribution in [3.63, 3.8) is 0 Å². The lowest BCUT2D eigenvalue weighted by atomic mass is 10.1. The van der Waals surface area contributed by atoms with Crippen LogP contribution in [-0.2, 0) is 28.7 Å². The van der Waals surface area contributed by atoms with Gasteiger partial charge in [-0.1, -0.05) is 69.9 Å². The predicted octanol–water partition coefficient (Wildman–Crippen LogP) is 6.12. The maximum Gasteiger partial charge on any atom is 0.328 e. The van der Waals surface area contributed by atoms with E-state index in [-0.39, 0.29) is 42.7 Å². The number of carbonyl (C=O) groups excluding carboxylic acids is 4. The number of nitrogens with zero attached hydrogens (tertiary/aromatic N) is 1. The Morgan fingerprint density at radius 3 is 2.19 bits per heavy atom. The summed E-state index contributed by atoms with van der Waals surface area (Å²) in [6.07, 6.45) is 18.1. The first-order chi connectivity index (χ1) is 22.9. The zero-order chi connectivity index (χ0) is 34.7. The number of amides is 3. The van der Waals surface area contributed by atoms with Crippen LogP contribution in [0.2, 0.25) is 0 Å². The molecule has 1 aromatic rings. The number of ether oxygens (including phenoxy) is 3. The molecule has 1 aliphatic carbocycles. The van der Waals surface area contributed by atoms with Gasteiger partial charge in [-0.05, 0) is 76.3 Å². The fourth-order valence-electron chi connectivity index (χ4n) is 5.41. The van der Waals surface area contributed by atoms with Crippen molar-refractivity contribution in [3.05, 3.63) is 42.5 Å². The van der Waals surface area contributed by atoms with Crippen molar-refractivity contribution in [2.45, 2.75) is 123 Å². The molecule has 1 heterocycles. The smallest absolute Gasteiger partial charge is 0.328 e. The minimum Gasteiger partial charge on any atom is -0.494 e. The number of allylic oxidation sites excluding steroid dienone is 2. The van der Waals surface area contributed by atoms with Crippen molar-refractivity contribution in [1.29, 1.82) is 0 Å². The molecule has 1 saturated carbocycles. The highest BCUT2D eigenvalue weighted by molar-refractivity contribution is 5.89. The second kappa shape index (κ2) is 26.6. The Hall–Kier alpha value is -3.40. The summed E-state index contributed by atoms with van der Waals surface area (Å²) in [5.74, 6) is 0.238. The maximum absolute atomic E-state index is 12.5. The van der Waals surface area contributed by atoms with E-state index in [0.29, 0.717) is 38.4 Å². The zero-order valence-electron chi connectivity index (χ0n) is 29.4. The highest BCUT2D eigenvalue weighted by atomic mass is 16.5. The molecule has 0 bridgehead atoms. The van der Waals surface area contributed by atoms with Crippen LogP contribution >= 0.6 is 0 Å². The second-order valence-electron chi connectivity index (χ2n) is 11.6. The van der Waals surface area contributed by atoms with Crippen molar-refractivity contribution in [2.75, 3.05) is 33.5 Å². The molecular weight excluding hydrogens is 598 g/mol. The Morgan fingerprint density at radius 1 is 0.872 bits per heavy atom. The van der Waals surface area contributed by atoms with Crippen molar-refractivity contribution in [2.24, 2.45) is 11.7 Å². The molecule has 1 saturated heterocycles. The van der Waals surface area contributed by atoms with E-state index in [9.17, 15) is 19.2 Å². The van der Waals surface area contributed by atoms with E-state index in [1.54, 1.807) is 18.9 Å². The Bertz CT molecular complexity index is 1030. The third kappa shape index (κ3) is 19.1. The lowest BCUT2D eigenvalue weighted by Crippen LogP contribution is -2.48. The molecule has 0 radical (unpaired) electrons. The Kier molecular flexibility index (Phi) is 23.6. The third-order valence-corrected chi connectivity index (χ3v) is 7.88. The van der Waals surface area contributed by atoms with E-state index in [0.717, 1.165) is 44.5 Å². The SMILES string of the molecule is CC.CCOC(=O)C1CC2CC2N1C(=O)CNC(=O)CCCOc1ccccc1.COCCC/C=C/CCCCCCCCC(N)=O.